The van der Waals surface area contributed by atoms with Crippen LogP contribution in [0, 0.1) is 6.92 Å². The summed E-state index contributed by atoms with van der Waals surface area (Å²) in [6, 6.07) is 17.4. The Morgan fingerprint density at radius 1 is 0.930 bits per heavy atom. The molecule has 0 saturated heterocycles. The minimum absolute atomic E-state index is 0.00652. The molecule has 2 amide bonds. The Hall–Kier alpha value is -3.86. The maximum absolute atomic E-state index is 14.1. The maximum Gasteiger partial charge on any atom is 0.416 e. The van der Waals surface area contributed by atoms with Gasteiger partial charge < -0.3 is 10.2 Å². The fourth-order valence-electron chi connectivity index (χ4n) is 5.21. The van der Waals surface area contributed by atoms with Crippen LogP contribution in [0.1, 0.15) is 55.7 Å². The molecule has 1 unspecified atom stereocenters. The molecular weight excluding hydrogens is 579 g/mol. The molecule has 1 atom stereocenters. The first-order chi connectivity index (χ1) is 20.4. The van der Waals surface area contributed by atoms with Crippen LogP contribution in [0.3, 0.4) is 0 Å². The fraction of sp³-hybridized carbons (Fsp3) is 0.375. The van der Waals surface area contributed by atoms with Crippen LogP contribution in [-0.2, 0) is 32.3 Å². The predicted octanol–water partition coefficient (Wildman–Crippen LogP) is 6.08. The number of hydrogen-bond acceptors (Lipinski definition) is 4. The fourth-order valence-corrected chi connectivity index (χ4v) is 6.64. The molecule has 0 aliphatic heterocycles. The average Bonchev–Trinajstić information content (AvgIpc) is 2.99. The summed E-state index contributed by atoms with van der Waals surface area (Å²) in [5.41, 5.74) is 0.251. The summed E-state index contributed by atoms with van der Waals surface area (Å²) in [7, 11) is -4.48. The second kappa shape index (κ2) is 13.6. The van der Waals surface area contributed by atoms with E-state index in [4.69, 9.17) is 0 Å². The van der Waals surface area contributed by atoms with Crippen LogP contribution in [0.5, 0.6) is 0 Å². The third kappa shape index (κ3) is 7.95. The highest BCUT2D eigenvalue weighted by Gasteiger charge is 2.35. The van der Waals surface area contributed by atoms with Crippen molar-refractivity contribution in [3.05, 3.63) is 95.6 Å². The van der Waals surface area contributed by atoms with Crippen LogP contribution in [-0.4, -0.2) is 43.8 Å². The normalized spacial score (nSPS) is 15.0. The standard InChI is InChI=1S/C32H36F3N3O4S/c1-23-12-9-10-13-25(23)21-37(24(2)31(40)36-27-15-5-3-6-16-27)30(39)22-38(43(41,42)29-18-7-4-8-19-29)28-17-11-14-26(20-28)32(33,34)35/h4,7-14,17-20,24,27H,3,5-6,15-16,21-22H2,1-2H3,(H,36,40). The number of halogens is 3. The number of anilines is 1. The molecule has 0 radical (unpaired) electrons. The lowest BCUT2D eigenvalue weighted by Gasteiger charge is -2.33. The van der Waals surface area contributed by atoms with Gasteiger partial charge >= 0.3 is 6.18 Å². The Morgan fingerprint density at radius 3 is 2.23 bits per heavy atom. The van der Waals surface area contributed by atoms with Crippen molar-refractivity contribution in [3.63, 3.8) is 0 Å². The topological polar surface area (TPSA) is 86.8 Å². The Morgan fingerprint density at radius 2 is 1.58 bits per heavy atom. The van der Waals surface area contributed by atoms with Crippen LogP contribution >= 0.6 is 0 Å². The van der Waals surface area contributed by atoms with Crippen LogP contribution in [0.4, 0.5) is 18.9 Å². The highest BCUT2D eigenvalue weighted by Crippen LogP contribution is 2.33. The number of nitrogens with one attached hydrogen (secondary N) is 1. The van der Waals surface area contributed by atoms with Crippen molar-refractivity contribution < 1.29 is 31.2 Å². The smallest absolute Gasteiger partial charge is 0.352 e. The van der Waals surface area contributed by atoms with E-state index in [2.05, 4.69) is 5.32 Å². The quantitative estimate of drug-likeness (QED) is 0.300. The lowest BCUT2D eigenvalue weighted by atomic mass is 9.95. The number of nitrogens with zero attached hydrogens (tertiary/aromatic N) is 2. The minimum Gasteiger partial charge on any atom is -0.352 e. The molecule has 1 aliphatic rings. The highest BCUT2D eigenvalue weighted by molar-refractivity contribution is 7.92. The molecule has 0 aromatic heterocycles. The molecule has 230 valence electrons. The molecule has 7 nitrogen and oxygen atoms in total. The zero-order valence-corrected chi connectivity index (χ0v) is 25.0. The van der Waals surface area contributed by atoms with Gasteiger partial charge in [0.15, 0.2) is 0 Å². The summed E-state index contributed by atoms with van der Waals surface area (Å²) in [5.74, 6) is -1.10. The SMILES string of the molecule is Cc1ccccc1CN(C(=O)CN(c1cccc(C(F)(F)F)c1)S(=O)(=O)c1ccccc1)C(C)C(=O)NC1CCCCC1. The first-order valence-electron chi connectivity index (χ1n) is 14.3. The van der Waals surface area contributed by atoms with Crippen molar-refractivity contribution in [3.8, 4) is 0 Å². The van der Waals surface area contributed by atoms with Crippen molar-refractivity contribution in [1.82, 2.24) is 10.2 Å². The monoisotopic (exact) mass is 615 g/mol. The van der Waals surface area contributed by atoms with E-state index in [-0.39, 0.29) is 29.1 Å². The molecule has 1 saturated carbocycles. The molecule has 1 aliphatic carbocycles. The third-order valence-electron chi connectivity index (χ3n) is 7.79. The predicted molar refractivity (Wildman–Crippen MR) is 159 cm³/mol. The van der Waals surface area contributed by atoms with E-state index in [1.807, 2.05) is 25.1 Å². The van der Waals surface area contributed by atoms with E-state index in [1.54, 1.807) is 19.1 Å². The Labute approximate surface area is 250 Å². The van der Waals surface area contributed by atoms with Gasteiger partial charge in [-0.15, -0.1) is 0 Å². The first-order valence-corrected chi connectivity index (χ1v) is 15.7. The van der Waals surface area contributed by atoms with Gasteiger partial charge in [0, 0.05) is 12.6 Å². The zero-order chi connectivity index (χ0) is 31.2. The number of aryl methyl sites for hydroxylation is 1. The molecular formula is C32H36F3N3O4S. The van der Waals surface area contributed by atoms with E-state index >= 15 is 0 Å². The van der Waals surface area contributed by atoms with Gasteiger partial charge in [0.1, 0.15) is 12.6 Å². The zero-order valence-electron chi connectivity index (χ0n) is 24.2. The lowest BCUT2D eigenvalue weighted by molar-refractivity contribution is -0.139. The maximum atomic E-state index is 14.1. The second-order valence-electron chi connectivity index (χ2n) is 10.8. The summed E-state index contributed by atoms with van der Waals surface area (Å²) in [5, 5.41) is 3.03. The summed E-state index contributed by atoms with van der Waals surface area (Å²) in [6.07, 6.45) is 0.0283. The number of sulfonamides is 1. The summed E-state index contributed by atoms with van der Waals surface area (Å²) in [4.78, 5) is 28.6. The molecule has 4 rings (SSSR count). The molecule has 3 aromatic carbocycles. The van der Waals surface area contributed by atoms with E-state index in [0.29, 0.717) is 10.4 Å². The highest BCUT2D eigenvalue weighted by atomic mass is 32.2. The number of carbonyl (C=O) groups is 2. The number of carbonyl (C=O) groups excluding carboxylic acids is 2. The molecule has 0 spiro atoms. The number of amides is 2. The average molecular weight is 616 g/mol. The van der Waals surface area contributed by atoms with Gasteiger partial charge in [-0.25, -0.2) is 8.42 Å². The molecule has 3 aromatic rings. The van der Waals surface area contributed by atoms with E-state index in [0.717, 1.165) is 55.4 Å². The van der Waals surface area contributed by atoms with Gasteiger partial charge in [0.2, 0.25) is 11.8 Å². The van der Waals surface area contributed by atoms with Crippen LogP contribution < -0.4 is 9.62 Å². The van der Waals surface area contributed by atoms with Crippen LogP contribution in [0.25, 0.3) is 0 Å². The number of alkyl halides is 3. The van der Waals surface area contributed by atoms with Crippen molar-refractivity contribution in [2.45, 2.75) is 75.7 Å². The Balaban J connectivity index is 1.72. The molecule has 0 heterocycles. The van der Waals surface area contributed by atoms with E-state index in [9.17, 15) is 31.2 Å². The number of rotatable bonds is 10. The van der Waals surface area contributed by atoms with Gasteiger partial charge in [0.25, 0.3) is 10.0 Å². The molecule has 11 heteroatoms. The summed E-state index contributed by atoms with van der Waals surface area (Å²) < 4.78 is 69.2. The lowest BCUT2D eigenvalue weighted by Crippen LogP contribution is -2.53. The largest absolute Gasteiger partial charge is 0.416 e. The molecule has 1 fully saturated rings. The molecule has 0 bridgehead atoms. The van der Waals surface area contributed by atoms with Gasteiger partial charge in [-0.2, -0.15) is 13.2 Å². The second-order valence-corrected chi connectivity index (χ2v) is 12.7. The van der Waals surface area contributed by atoms with Crippen molar-refractivity contribution >= 4 is 27.5 Å². The first kappa shape index (κ1) is 32.1. The molecule has 1 N–H and O–H groups in total. The van der Waals surface area contributed by atoms with Crippen LogP contribution in [0.15, 0.2) is 83.8 Å². The van der Waals surface area contributed by atoms with Crippen molar-refractivity contribution in [1.29, 1.82) is 0 Å². The van der Waals surface area contributed by atoms with Crippen molar-refractivity contribution in [2.75, 3.05) is 10.8 Å². The van der Waals surface area contributed by atoms with Gasteiger partial charge in [-0.05, 0) is 68.1 Å². The number of hydrogen-bond donors (Lipinski definition) is 1. The number of benzene rings is 3. The van der Waals surface area contributed by atoms with E-state index < -0.39 is 40.3 Å². The van der Waals surface area contributed by atoms with Crippen molar-refractivity contribution in [2.24, 2.45) is 0 Å². The molecule has 43 heavy (non-hydrogen) atoms. The van der Waals surface area contributed by atoms with Gasteiger partial charge in [-0.1, -0.05) is 67.8 Å². The Bertz CT molecular complexity index is 1520. The van der Waals surface area contributed by atoms with Gasteiger partial charge in [-0.3, -0.25) is 13.9 Å². The van der Waals surface area contributed by atoms with Gasteiger partial charge in [0.05, 0.1) is 16.1 Å². The Kier molecular flexibility index (Phi) is 10.2. The summed E-state index contributed by atoms with van der Waals surface area (Å²) in [6.45, 7) is 2.63. The van der Waals surface area contributed by atoms with Crippen LogP contribution in [0.2, 0.25) is 0 Å². The third-order valence-corrected chi connectivity index (χ3v) is 9.58. The summed E-state index contributed by atoms with van der Waals surface area (Å²) >= 11 is 0. The van der Waals surface area contributed by atoms with E-state index in [1.165, 1.54) is 35.2 Å². The minimum atomic E-state index is -4.73.